The summed E-state index contributed by atoms with van der Waals surface area (Å²) in [5.74, 6) is 2.18. The number of H-pyrrole nitrogens is 1. The molecule has 1 aliphatic heterocycles. The minimum atomic E-state index is -0.257. The quantitative estimate of drug-likeness (QED) is 0.674. The number of hydrogen-bond acceptors (Lipinski definition) is 4. The summed E-state index contributed by atoms with van der Waals surface area (Å²) in [5, 5.41) is 5.74. The molecule has 0 aliphatic carbocycles. The second kappa shape index (κ2) is 6.95. The number of fused-ring (bicyclic) bond motifs is 2. The van der Waals surface area contributed by atoms with Crippen molar-refractivity contribution in [3.8, 4) is 11.5 Å². The summed E-state index contributed by atoms with van der Waals surface area (Å²) in [7, 11) is 0. The lowest BCUT2D eigenvalue weighted by Gasteiger charge is -2.19. The topological polar surface area (TPSA) is 88.3 Å². The molecule has 0 saturated carbocycles. The zero-order chi connectivity index (χ0) is 17.9. The Bertz CT molecular complexity index is 904. The lowest BCUT2D eigenvalue weighted by molar-refractivity contribution is 0.171. The van der Waals surface area contributed by atoms with Crippen LogP contribution in [0.2, 0.25) is 0 Å². The van der Waals surface area contributed by atoms with E-state index < -0.39 is 0 Å². The Kier molecular flexibility index (Phi) is 4.35. The average Bonchev–Trinajstić information content (AvgIpc) is 3.10. The lowest BCUT2D eigenvalue weighted by Crippen LogP contribution is -2.37. The molecule has 0 fully saturated rings. The summed E-state index contributed by atoms with van der Waals surface area (Å²) < 4.78 is 11.1. The molecule has 0 spiro atoms. The minimum Gasteiger partial charge on any atom is -0.486 e. The van der Waals surface area contributed by atoms with Gasteiger partial charge in [0.25, 0.3) is 0 Å². The number of aromatic nitrogens is 2. The average molecular weight is 352 g/mol. The zero-order valence-corrected chi connectivity index (χ0v) is 14.4. The summed E-state index contributed by atoms with van der Waals surface area (Å²) in [5.41, 5.74) is 2.78. The van der Waals surface area contributed by atoms with Gasteiger partial charge in [0.2, 0.25) is 0 Å². The van der Waals surface area contributed by atoms with Gasteiger partial charge in [0.15, 0.2) is 11.5 Å². The molecule has 1 aromatic heterocycles. The van der Waals surface area contributed by atoms with Gasteiger partial charge in [0, 0.05) is 6.54 Å². The van der Waals surface area contributed by atoms with Crippen molar-refractivity contribution in [1.29, 1.82) is 0 Å². The van der Waals surface area contributed by atoms with E-state index in [2.05, 4.69) is 20.6 Å². The molecule has 0 bridgehead atoms. The van der Waals surface area contributed by atoms with Crippen LogP contribution >= 0.6 is 0 Å². The Morgan fingerprint density at radius 3 is 2.85 bits per heavy atom. The van der Waals surface area contributed by atoms with Crippen molar-refractivity contribution in [3.63, 3.8) is 0 Å². The molecule has 1 unspecified atom stereocenters. The Morgan fingerprint density at radius 1 is 1.19 bits per heavy atom. The maximum Gasteiger partial charge on any atom is 0.315 e. The number of nitrogens with one attached hydrogen (secondary N) is 3. The second-order valence-electron chi connectivity index (χ2n) is 6.17. The maximum atomic E-state index is 12.2. The summed E-state index contributed by atoms with van der Waals surface area (Å²) in [6, 6.07) is 12.9. The predicted octanol–water partition coefficient (Wildman–Crippen LogP) is 2.89. The van der Waals surface area contributed by atoms with Crippen LogP contribution < -0.4 is 20.1 Å². The molecule has 26 heavy (non-hydrogen) atoms. The van der Waals surface area contributed by atoms with Gasteiger partial charge in [0.1, 0.15) is 19.0 Å². The number of nitrogens with zero attached hydrogens (tertiary/aromatic N) is 1. The highest BCUT2D eigenvalue weighted by Crippen LogP contribution is 2.30. The molecule has 1 atom stereocenters. The van der Waals surface area contributed by atoms with Crippen molar-refractivity contribution in [3.05, 3.63) is 53.9 Å². The van der Waals surface area contributed by atoms with Crippen LogP contribution in [0.25, 0.3) is 11.0 Å². The van der Waals surface area contributed by atoms with E-state index in [-0.39, 0.29) is 12.1 Å². The number of para-hydroxylation sites is 2. The number of amides is 2. The molecule has 0 radical (unpaired) electrons. The minimum absolute atomic E-state index is 0.234. The van der Waals surface area contributed by atoms with Crippen LogP contribution in [0, 0.1) is 0 Å². The SMILES string of the molecule is CC(NC(=O)NCc1ccc2c(c1)OCCO2)c1nc2ccccc2[nH]1. The van der Waals surface area contributed by atoms with E-state index in [1.54, 1.807) is 0 Å². The highest BCUT2D eigenvalue weighted by atomic mass is 16.6. The third-order valence-corrected chi connectivity index (χ3v) is 4.23. The van der Waals surface area contributed by atoms with Gasteiger partial charge in [-0.2, -0.15) is 0 Å². The van der Waals surface area contributed by atoms with E-state index in [4.69, 9.17) is 9.47 Å². The van der Waals surface area contributed by atoms with E-state index in [0.29, 0.717) is 25.5 Å². The van der Waals surface area contributed by atoms with Gasteiger partial charge in [-0.05, 0) is 36.8 Å². The molecule has 2 aromatic carbocycles. The van der Waals surface area contributed by atoms with Gasteiger partial charge in [-0.3, -0.25) is 0 Å². The summed E-state index contributed by atoms with van der Waals surface area (Å²) in [6.45, 7) is 3.39. The number of carbonyl (C=O) groups excluding carboxylic acids is 1. The normalized spacial score (nSPS) is 14.0. The van der Waals surface area contributed by atoms with Crippen molar-refractivity contribution in [2.24, 2.45) is 0 Å². The van der Waals surface area contributed by atoms with E-state index >= 15 is 0 Å². The molecule has 2 heterocycles. The van der Waals surface area contributed by atoms with Crippen molar-refractivity contribution < 1.29 is 14.3 Å². The predicted molar refractivity (Wildman–Crippen MR) is 97.3 cm³/mol. The number of hydrogen-bond donors (Lipinski definition) is 3. The van der Waals surface area contributed by atoms with Gasteiger partial charge in [0.05, 0.1) is 17.1 Å². The number of urea groups is 1. The van der Waals surface area contributed by atoms with Crippen LogP contribution in [0.3, 0.4) is 0 Å². The lowest BCUT2D eigenvalue weighted by atomic mass is 10.2. The van der Waals surface area contributed by atoms with Crippen LogP contribution in [0.1, 0.15) is 24.4 Å². The molecule has 2 amide bonds. The zero-order valence-electron chi connectivity index (χ0n) is 14.4. The number of ether oxygens (including phenoxy) is 2. The number of aromatic amines is 1. The molecule has 1 aliphatic rings. The summed E-state index contributed by atoms with van der Waals surface area (Å²) >= 11 is 0. The van der Waals surface area contributed by atoms with E-state index in [1.165, 1.54) is 0 Å². The first-order chi connectivity index (χ1) is 12.7. The fourth-order valence-corrected chi connectivity index (χ4v) is 2.87. The van der Waals surface area contributed by atoms with Crippen molar-refractivity contribution >= 4 is 17.1 Å². The number of benzene rings is 2. The van der Waals surface area contributed by atoms with Crippen LogP contribution in [-0.2, 0) is 6.54 Å². The number of rotatable bonds is 4. The molecule has 7 heteroatoms. The Morgan fingerprint density at radius 2 is 2.00 bits per heavy atom. The Labute approximate surface area is 150 Å². The third kappa shape index (κ3) is 3.42. The smallest absolute Gasteiger partial charge is 0.315 e. The highest BCUT2D eigenvalue weighted by Gasteiger charge is 2.14. The first-order valence-electron chi connectivity index (χ1n) is 8.56. The van der Waals surface area contributed by atoms with Crippen molar-refractivity contribution in [1.82, 2.24) is 20.6 Å². The summed E-state index contributed by atoms with van der Waals surface area (Å²) in [4.78, 5) is 19.9. The molecule has 134 valence electrons. The van der Waals surface area contributed by atoms with Crippen LogP contribution in [0.4, 0.5) is 4.79 Å². The molecule has 4 rings (SSSR count). The molecule has 0 saturated heterocycles. The first kappa shape index (κ1) is 16.3. The molecule has 3 N–H and O–H groups in total. The van der Waals surface area contributed by atoms with E-state index in [9.17, 15) is 4.79 Å². The van der Waals surface area contributed by atoms with Gasteiger partial charge in [-0.25, -0.2) is 9.78 Å². The van der Waals surface area contributed by atoms with Crippen molar-refractivity contribution in [2.45, 2.75) is 19.5 Å². The van der Waals surface area contributed by atoms with Crippen LogP contribution in [-0.4, -0.2) is 29.2 Å². The third-order valence-electron chi connectivity index (χ3n) is 4.23. The number of imidazole rings is 1. The molecular weight excluding hydrogens is 332 g/mol. The number of carbonyl (C=O) groups is 1. The second-order valence-corrected chi connectivity index (χ2v) is 6.17. The van der Waals surface area contributed by atoms with Gasteiger partial charge >= 0.3 is 6.03 Å². The molecular formula is C19H20N4O3. The summed E-state index contributed by atoms with van der Waals surface area (Å²) in [6.07, 6.45) is 0. The van der Waals surface area contributed by atoms with Gasteiger partial charge in [-0.1, -0.05) is 18.2 Å². The standard InChI is InChI=1S/C19H20N4O3/c1-12(18-22-14-4-2-3-5-15(14)23-18)21-19(24)20-11-13-6-7-16-17(10-13)26-9-8-25-16/h2-7,10,12H,8-9,11H2,1H3,(H,22,23)(H2,20,21,24). The largest absolute Gasteiger partial charge is 0.486 e. The molecule has 3 aromatic rings. The fourth-order valence-electron chi connectivity index (χ4n) is 2.87. The van der Waals surface area contributed by atoms with Gasteiger partial charge in [-0.15, -0.1) is 0 Å². The van der Waals surface area contributed by atoms with E-state index in [0.717, 1.165) is 28.2 Å². The fraction of sp³-hybridized carbons (Fsp3) is 0.263. The monoisotopic (exact) mass is 352 g/mol. The Hall–Kier alpha value is -3.22. The van der Waals surface area contributed by atoms with Crippen LogP contribution in [0.5, 0.6) is 11.5 Å². The Balaban J connectivity index is 1.34. The molecule has 7 nitrogen and oxygen atoms in total. The van der Waals surface area contributed by atoms with Crippen LogP contribution in [0.15, 0.2) is 42.5 Å². The first-order valence-corrected chi connectivity index (χ1v) is 8.56. The van der Waals surface area contributed by atoms with E-state index in [1.807, 2.05) is 49.4 Å². The highest BCUT2D eigenvalue weighted by molar-refractivity contribution is 5.76. The van der Waals surface area contributed by atoms with Crippen molar-refractivity contribution in [2.75, 3.05) is 13.2 Å². The van der Waals surface area contributed by atoms with Gasteiger partial charge < -0.3 is 25.1 Å². The maximum absolute atomic E-state index is 12.2.